The second kappa shape index (κ2) is 8.35. The highest BCUT2D eigenvalue weighted by Crippen LogP contribution is 2.18. The van der Waals surface area contributed by atoms with E-state index in [0.29, 0.717) is 18.2 Å². The minimum absolute atomic E-state index is 0.0950. The van der Waals surface area contributed by atoms with Crippen molar-refractivity contribution in [3.05, 3.63) is 29.8 Å². The molecule has 0 unspecified atom stereocenters. The molecule has 0 radical (unpaired) electrons. The Morgan fingerprint density at radius 3 is 2.41 bits per heavy atom. The van der Waals surface area contributed by atoms with Crippen molar-refractivity contribution < 1.29 is 9.47 Å². The van der Waals surface area contributed by atoms with Crippen molar-refractivity contribution in [2.75, 3.05) is 26.4 Å². The first-order valence-electron chi connectivity index (χ1n) is 7.35. The number of hydrogen-bond acceptors (Lipinski definition) is 5. The van der Waals surface area contributed by atoms with Crippen LogP contribution in [0.25, 0.3) is 0 Å². The normalized spacial score (nSPS) is 16.3. The van der Waals surface area contributed by atoms with Gasteiger partial charge in [0.15, 0.2) is 0 Å². The molecule has 6 N–H and O–H groups in total. The molecule has 0 bridgehead atoms. The minimum atomic E-state index is -0.0950. The summed E-state index contributed by atoms with van der Waals surface area (Å²) in [5.74, 6) is 1.30. The van der Waals surface area contributed by atoms with Gasteiger partial charge in [0.1, 0.15) is 5.75 Å². The molecule has 1 heterocycles. The largest absolute Gasteiger partial charge is 0.493 e. The number of guanidine groups is 1. The molecular formula is C15H23N5O2. The molecule has 1 aromatic carbocycles. The van der Waals surface area contributed by atoms with Crippen LogP contribution in [0.2, 0.25) is 0 Å². The molecule has 0 aromatic heterocycles. The van der Waals surface area contributed by atoms with E-state index in [1.54, 1.807) is 0 Å². The van der Waals surface area contributed by atoms with Gasteiger partial charge in [0, 0.05) is 19.8 Å². The van der Waals surface area contributed by atoms with Gasteiger partial charge in [0.05, 0.1) is 12.3 Å². The molecule has 7 heteroatoms. The van der Waals surface area contributed by atoms with E-state index in [4.69, 9.17) is 26.7 Å². The predicted molar refractivity (Wildman–Crippen MR) is 86.9 cm³/mol. The van der Waals surface area contributed by atoms with Crippen molar-refractivity contribution in [3.63, 3.8) is 0 Å². The molecule has 1 saturated heterocycles. The summed E-state index contributed by atoms with van der Waals surface area (Å²) in [7, 11) is 0. The highest BCUT2D eigenvalue weighted by Gasteiger charge is 2.14. The Morgan fingerprint density at radius 1 is 1.14 bits per heavy atom. The van der Waals surface area contributed by atoms with E-state index in [1.165, 1.54) is 0 Å². The Morgan fingerprint density at radius 2 is 1.82 bits per heavy atom. The summed E-state index contributed by atoms with van der Waals surface area (Å²) in [5, 5.41) is 7.57. The summed E-state index contributed by atoms with van der Waals surface area (Å²) in [6.07, 6.45) is 2.11. The summed E-state index contributed by atoms with van der Waals surface area (Å²) in [5.41, 5.74) is 17.7. The number of hydrogen-bond donors (Lipinski definition) is 3. The maximum absolute atomic E-state index is 5.82. The lowest BCUT2D eigenvalue weighted by Gasteiger charge is -2.22. The Kier molecular flexibility index (Phi) is 6.17. The van der Waals surface area contributed by atoms with Crippen LogP contribution >= 0.6 is 0 Å². The van der Waals surface area contributed by atoms with Gasteiger partial charge in [-0.05, 0) is 48.6 Å². The van der Waals surface area contributed by atoms with Crippen LogP contribution in [0.5, 0.6) is 5.75 Å². The third-order valence-electron chi connectivity index (χ3n) is 3.49. The second-order valence-electron chi connectivity index (χ2n) is 5.17. The number of rotatable bonds is 6. The molecule has 2 rings (SSSR count). The van der Waals surface area contributed by atoms with E-state index >= 15 is 0 Å². The number of benzene rings is 1. The van der Waals surface area contributed by atoms with Crippen LogP contribution in [0.3, 0.4) is 0 Å². The standard InChI is InChI=1S/C15H23N5O2/c16-9-14(19-20-15(17)18)12-1-3-13(4-2-12)22-10-11-5-7-21-8-6-11/h1-4,11H,5-10,16H2,(H4,17,18,20)/b19-14+. The van der Waals surface area contributed by atoms with Crippen molar-refractivity contribution in [1.82, 2.24) is 0 Å². The molecular weight excluding hydrogens is 282 g/mol. The van der Waals surface area contributed by atoms with Gasteiger partial charge in [-0.3, -0.25) is 0 Å². The lowest BCUT2D eigenvalue weighted by atomic mass is 10.0. The van der Waals surface area contributed by atoms with Gasteiger partial charge in [-0.2, -0.15) is 5.10 Å². The van der Waals surface area contributed by atoms with Gasteiger partial charge in [0.2, 0.25) is 5.96 Å². The first-order valence-corrected chi connectivity index (χ1v) is 7.35. The lowest BCUT2D eigenvalue weighted by molar-refractivity contribution is 0.0497. The molecule has 0 spiro atoms. The summed E-state index contributed by atoms with van der Waals surface area (Å²) < 4.78 is 11.2. The van der Waals surface area contributed by atoms with Crippen LogP contribution in [0.1, 0.15) is 18.4 Å². The average Bonchev–Trinajstić information content (AvgIpc) is 2.55. The van der Waals surface area contributed by atoms with Gasteiger partial charge in [-0.15, -0.1) is 5.10 Å². The fourth-order valence-electron chi connectivity index (χ4n) is 2.21. The minimum Gasteiger partial charge on any atom is -0.493 e. The van der Waals surface area contributed by atoms with E-state index < -0.39 is 0 Å². The Bertz CT molecular complexity index is 517. The van der Waals surface area contributed by atoms with Crippen LogP contribution in [0.15, 0.2) is 34.5 Å². The Hall–Kier alpha value is -2.12. The molecule has 7 nitrogen and oxygen atoms in total. The molecule has 22 heavy (non-hydrogen) atoms. The van der Waals surface area contributed by atoms with E-state index in [2.05, 4.69) is 10.2 Å². The summed E-state index contributed by atoms with van der Waals surface area (Å²) in [6, 6.07) is 7.59. The van der Waals surface area contributed by atoms with Gasteiger partial charge >= 0.3 is 0 Å². The molecule has 0 amide bonds. The molecule has 0 atom stereocenters. The summed E-state index contributed by atoms with van der Waals surface area (Å²) >= 11 is 0. The zero-order valence-corrected chi connectivity index (χ0v) is 12.6. The van der Waals surface area contributed by atoms with E-state index in [-0.39, 0.29) is 12.5 Å². The van der Waals surface area contributed by atoms with Crippen LogP contribution in [0, 0.1) is 5.92 Å². The molecule has 1 aromatic rings. The molecule has 0 aliphatic carbocycles. The van der Waals surface area contributed by atoms with E-state index in [9.17, 15) is 0 Å². The Labute approximate surface area is 130 Å². The van der Waals surface area contributed by atoms with Crippen LogP contribution in [-0.4, -0.2) is 38.0 Å². The highest BCUT2D eigenvalue weighted by molar-refractivity contribution is 6.02. The number of ether oxygens (including phenoxy) is 2. The van der Waals surface area contributed by atoms with Gasteiger partial charge in [-0.1, -0.05) is 0 Å². The highest BCUT2D eigenvalue weighted by atomic mass is 16.5. The van der Waals surface area contributed by atoms with E-state index in [1.807, 2.05) is 24.3 Å². The fourth-order valence-corrected chi connectivity index (χ4v) is 2.21. The zero-order valence-electron chi connectivity index (χ0n) is 12.6. The summed E-state index contributed by atoms with van der Waals surface area (Å²) in [4.78, 5) is 0. The topological polar surface area (TPSA) is 121 Å². The molecule has 1 aliphatic heterocycles. The van der Waals surface area contributed by atoms with Crippen molar-refractivity contribution in [1.29, 1.82) is 0 Å². The SMILES string of the molecule is NC/C(=N\N=C(N)N)c1ccc(OCC2CCOCC2)cc1. The molecule has 1 fully saturated rings. The maximum atomic E-state index is 5.82. The Balaban J connectivity index is 1.94. The van der Waals surface area contributed by atoms with Crippen molar-refractivity contribution in [2.24, 2.45) is 33.3 Å². The van der Waals surface area contributed by atoms with Gasteiger partial charge < -0.3 is 26.7 Å². The van der Waals surface area contributed by atoms with Crippen LogP contribution in [0.4, 0.5) is 0 Å². The quantitative estimate of drug-likeness (QED) is 0.400. The van der Waals surface area contributed by atoms with E-state index in [0.717, 1.165) is 37.4 Å². The second-order valence-corrected chi connectivity index (χ2v) is 5.17. The fraction of sp³-hybridized carbons (Fsp3) is 0.467. The molecule has 1 aliphatic rings. The van der Waals surface area contributed by atoms with Crippen molar-refractivity contribution >= 4 is 11.7 Å². The molecule has 0 saturated carbocycles. The predicted octanol–water partition coefficient (Wildman–Crippen LogP) is 0.428. The van der Waals surface area contributed by atoms with Crippen molar-refractivity contribution in [2.45, 2.75) is 12.8 Å². The van der Waals surface area contributed by atoms with Gasteiger partial charge in [-0.25, -0.2) is 0 Å². The first kappa shape index (κ1) is 16.3. The van der Waals surface area contributed by atoms with Crippen LogP contribution in [-0.2, 0) is 4.74 Å². The van der Waals surface area contributed by atoms with Crippen LogP contribution < -0.4 is 21.9 Å². The third-order valence-corrected chi connectivity index (χ3v) is 3.49. The third kappa shape index (κ3) is 5.01. The molecule has 120 valence electrons. The first-order chi connectivity index (χ1) is 10.7. The van der Waals surface area contributed by atoms with Gasteiger partial charge in [0.25, 0.3) is 0 Å². The smallest absolute Gasteiger partial charge is 0.211 e. The zero-order chi connectivity index (χ0) is 15.8. The maximum Gasteiger partial charge on any atom is 0.211 e. The summed E-state index contributed by atoms with van der Waals surface area (Å²) in [6.45, 7) is 2.62. The number of nitrogens with two attached hydrogens (primary N) is 3. The average molecular weight is 305 g/mol. The number of nitrogens with zero attached hydrogens (tertiary/aromatic N) is 2. The van der Waals surface area contributed by atoms with Crippen molar-refractivity contribution in [3.8, 4) is 5.75 Å². The monoisotopic (exact) mass is 305 g/mol. The lowest BCUT2D eigenvalue weighted by Crippen LogP contribution is -2.23.